The number of hydrogen-bond donors (Lipinski definition) is 1. The molecule has 0 aliphatic rings. The Kier molecular flexibility index (Phi) is 3.03. The van der Waals surface area contributed by atoms with Crippen molar-refractivity contribution in [2.24, 2.45) is 7.05 Å². The van der Waals surface area contributed by atoms with Gasteiger partial charge in [-0.05, 0) is 26.2 Å². The van der Waals surface area contributed by atoms with Gasteiger partial charge in [-0.25, -0.2) is 0 Å². The highest BCUT2D eigenvalue weighted by atomic mass is 35.5. The van der Waals surface area contributed by atoms with E-state index in [0.717, 1.165) is 22.1 Å². The molecule has 0 radical (unpaired) electrons. The van der Waals surface area contributed by atoms with Crippen LogP contribution in [0.2, 0.25) is 5.02 Å². The van der Waals surface area contributed by atoms with Crippen molar-refractivity contribution < 1.29 is 0 Å². The van der Waals surface area contributed by atoms with Crippen molar-refractivity contribution in [2.45, 2.75) is 6.54 Å². The van der Waals surface area contributed by atoms with Crippen molar-refractivity contribution in [2.75, 3.05) is 14.1 Å². The van der Waals surface area contributed by atoms with Crippen molar-refractivity contribution >= 4 is 33.4 Å². The van der Waals surface area contributed by atoms with Crippen LogP contribution in [0.15, 0.2) is 23.0 Å². The topological polar surface area (TPSA) is 53.9 Å². The minimum Gasteiger partial charge on any atom is -0.306 e. The third-order valence-electron chi connectivity index (χ3n) is 3.31. The van der Waals surface area contributed by atoms with Gasteiger partial charge in [-0.1, -0.05) is 17.7 Å². The van der Waals surface area contributed by atoms with Gasteiger partial charge in [0, 0.05) is 34.8 Å². The van der Waals surface area contributed by atoms with Crippen LogP contribution in [0.4, 0.5) is 0 Å². The Morgan fingerprint density at radius 2 is 2.10 bits per heavy atom. The molecule has 1 aromatic carbocycles. The average molecular weight is 291 g/mol. The van der Waals surface area contributed by atoms with E-state index < -0.39 is 0 Å². The first-order valence-electron chi connectivity index (χ1n) is 6.29. The van der Waals surface area contributed by atoms with Crippen molar-refractivity contribution in [3.05, 3.63) is 39.3 Å². The van der Waals surface area contributed by atoms with E-state index in [2.05, 4.69) is 15.0 Å². The highest BCUT2D eigenvalue weighted by Crippen LogP contribution is 2.26. The number of pyridine rings is 1. The molecule has 20 heavy (non-hydrogen) atoms. The summed E-state index contributed by atoms with van der Waals surface area (Å²) in [6.07, 6.45) is 0. The molecule has 0 unspecified atom stereocenters. The maximum Gasteiger partial charge on any atom is 0.257 e. The van der Waals surface area contributed by atoms with Gasteiger partial charge in [0.15, 0.2) is 0 Å². The minimum atomic E-state index is -0.144. The van der Waals surface area contributed by atoms with Crippen LogP contribution in [0.25, 0.3) is 21.8 Å². The Morgan fingerprint density at radius 1 is 1.35 bits per heavy atom. The van der Waals surface area contributed by atoms with E-state index in [9.17, 15) is 4.79 Å². The molecule has 3 aromatic rings. The monoisotopic (exact) mass is 290 g/mol. The highest BCUT2D eigenvalue weighted by Gasteiger charge is 2.15. The number of aromatic nitrogens is 3. The van der Waals surface area contributed by atoms with Crippen LogP contribution in [0.1, 0.15) is 5.69 Å². The fraction of sp³-hybridized carbons (Fsp3) is 0.286. The second-order valence-corrected chi connectivity index (χ2v) is 5.61. The Labute approximate surface area is 120 Å². The molecule has 0 aliphatic carbocycles. The second kappa shape index (κ2) is 4.61. The van der Waals surface area contributed by atoms with Crippen molar-refractivity contribution in [1.29, 1.82) is 0 Å². The van der Waals surface area contributed by atoms with E-state index in [0.29, 0.717) is 17.0 Å². The number of hydrogen-bond acceptors (Lipinski definition) is 3. The highest BCUT2D eigenvalue weighted by molar-refractivity contribution is 6.31. The van der Waals surface area contributed by atoms with E-state index in [-0.39, 0.29) is 5.56 Å². The molecule has 0 fully saturated rings. The molecule has 0 atom stereocenters. The van der Waals surface area contributed by atoms with Crippen LogP contribution in [0.5, 0.6) is 0 Å². The molecule has 0 aliphatic heterocycles. The van der Waals surface area contributed by atoms with E-state index in [4.69, 9.17) is 11.6 Å². The van der Waals surface area contributed by atoms with Gasteiger partial charge in [-0.3, -0.25) is 9.48 Å². The Hall–Kier alpha value is -1.85. The molecule has 6 heteroatoms. The van der Waals surface area contributed by atoms with Gasteiger partial charge in [-0.15, -0.1) is 0 Å². The fourth-order valence-electron chi connectivity index (χ4n) is 2.51. The number of fused-ring (bicyclic) bond motifs is 3. The molecule has 0 bridgehead atoms. The molecule has 1 N–H and O–H groups in total. The quantitative estimate of drug-likeness (QED) is 0.787. The molecule has 5 nitrogen and oxygen atoms in total. The van der Waals surface area contributed by atoms with Crippen LogP contribution in [0, 0.1) is 0 Å². The van der Waals surface area contributed by atoms with Crippen LogP contribution in [-0.2, 0) is 13.6 Å². The predicted molar refractivity (Wildman–Crippen MR) is 81.2 cm³/mol. The third-order valence-corrected chi connectivity index (χ3v) is 3.55. The van der Waals surface area contributed by atoms with Crippen molar-refractivity contribution in [1.82, 2.24) is 19.7 Å². The Bertz CT molecular complexity index is 863. The smallest absolute Gasteiger partial charge is 0.257 e. The predicted octanol–water partition coefficient (Wildman–Crippen LogP) is 2.13. The maximum atomic E-state index is 12.2. The van der Waals surface area contributed by atoms with Gasteiger partial charge in [-0.2, -0.15) is 5.10 Å². The lowest BCUT2D eigenvalue weighted by Gasteiger charge is -2.07. The standard InChI is InChI=1S/C14H15ClN4O/c1-18(2)7-11-12-9-5-4-8(15)6-10(9)14(20)16-13(12)19(3)17-11/h4-6H,7H2,1-3H3,(H,16,20). The van der Waals surface area contributed by atoms with Crippen LogP contribution < -0.4 is 5.56 Å². The summed E-state index contributed by atoms with van der Waals surface area (Å²) in [5.74, 6) is 0. The lowest BCUT2D eigenvalue weighted by atomic mass is 10.1. The third kappa shape index (κ3) is 1.99. The van der Waals surface area contributed by atoms with Gasteiger partial charge in [0.2, 0.25) is 0 Å². The average Bonchev–Trinajstić information content (AvgIpc) is 2.66. The summed E-state index contributed by atoms with van der Waals surface area (Å²) < 4.78 is 1.71. The number of aromatic amines is 1. The SMILES string of the molecule is CN(C)Cc1nn(C)c2[nH]c(=O)c3cc(Cl)ccc3c12. The van der Waals surface area contributed by atoms with Crippen LogP contribution >= 0.6 is 11.6 Å². The van der Waals surface area contributed by atoms with Crippen molar-refractivity contribution in [3.8, 4) is 0 Å². The summed E-state index contributed by atoms with van der Waals surface area (Å²) in [7, 11) is 5.82. The first kappa shape index (κ1) is 13.1. The van der Waals surface area contributed by atoms with E-state index in [1.54, 1.807) is 16.8 Å². The number of nitrogens with one attached hydrogen (secondary N) is 1. The number of benzene rings is 1. The molecule has 0 amide bonds. The van der Waals surface area contributed by atoms with E-state index in [1.807, 2.05) is 27.2 Å². The number of nitrogens with zero attached hydrogens (tertiary/aromatic N) is 3. The summed E-state index contributed by atoms with van der Waals surface area (Å²) in [6.45, 7) is 0.709. The molecular weight excluding hydrogens is 276 g/mol. The maximum absolute atomic E-state index is 12.2. The zero-order chi connectivity index (χ0) is 14.4. The summed E-state index contributed by atoms with van der Waals surface area (Å²) in [6, 6.07) is 5.38. The van der Waals surface area contributed by atoms with Gasteiger partial charge in [0.05, 0.1) is 5.69 Å². The van der Waals surface area contributed by atoms with E-state index >= 15 is 0 Å². The molecule has 2 aromatic heterocycles. The van der Waals surface area contributed by atoms with Gasteiger partial charge in [0.25, 0.3) is 5.56 Å². The summed E-state index contributed by atoms with van der Waals surface area (Å²) in [5.41, 5.74) is 1.53. The van der Waals surface area contributed by atoms with E-state index in [1.165, 1.54) is 0 Å². The lowest BCUT2D eigenvalue weighted by Crippen LogP contribution is -2.11. The van der Waals surface area contributed by atoms with Crippen molar-refractivity contribution in [3.63, 3.8) is 0 Å². The van der Waals surface area contributed by atoms with Gasteiger partial charge in [0.1, 0.15) is 5.65 Å². The van der Waals surface area contributed by atoms with Gasteiger partial charge < -0.3 is 9.88 Å². The molecule has 0 saturated heterocycles. The molecular formula is C14H15ClN4O. The molecule has 104 valence electrons. The van der Waals surface area contributed by atoms with Gasteiger partial charge >= 0.3 is 0 Å². The number of H-pyrrole nitrogens is 1. The molecule has 0 spiro atoms. The summed E-state index contributed by atoms with van der Waals surface area (Å²) in [4.78, 5) is 17.1. The molecule has 0 saturated carbocycles. The first-order valence-corrected chi connectivity index (χ1v) is 6.67. The fourth-order valence-corrected chi connectivity index (χ4v) is 2.69. The summed E-state index contributed by atoms with van der Waals surface area (Å²) in [5, 5.41) is 7.53. The van der Waals surface area contributed by atoms with Crippen LogP contribution in [0.3, 0.4) is 0 Å². The zero-order valence-corrected chi connectivity index (χ0v) is 12.3. The number of halogens is 1. The Balaban J connectivity index is 2.47. The largest absolute Gasteiger partial charge is 0.306 e. The molecule has 2 heterocycles. The molecule has 3 rings (SSSR count). The van der Waals surface area contributed by atoms with Crippen LogP contribution in [-0.4, -0.2) is 33.8 Å². The lowest BCUT2D eigenvalue weighted by molar-refractivity contribution is 0.396. The number of aryl methyl sites for hydroxylation is 1. The minimum absolute atomic E-state index is 0.144. The Morgan fingerprint density at radius 3 is 2.80 bits per heavy atom. The zero-order valence-electron chi connectivity index (χ0n) is 11.6. The normalized spacial score (nSPS) is 11.8. The number of rotatable bonds is 2. The first-order chi connectivity index (χ1) is 9.47. The summed E-state index contributed by atoms with van der Waals surface area (Å²) >= 11 is 5.99. The second-order valence-electron chi connectivity index (χ2n) is 5.18.